The topological polar surface area (TPSA) is 12.0 Å². The number of thiophene rings is 1. The summed E-state index contributed by atoms with van der Waals surface area (Å²) in [5.41, 5.74) is 4.13. The fraction of sp³-hybridized carbons (Fsp3) is 0.375. The van der Waals surface area contributed by atoms with E-state index in [1.54, 1.807) is 11.3 Å². The smallest absolute Gasteiger partial charge is 0.0761 e. The lowest BCUT2D eigenvalue weighted by Crippen LogP contribution is -2.23. The van der Waals surface area contributed by atoms with Crippen molar-refractivity contribution in [1.29, 1.82) is 0 Å². The Balaban J connectivity index is 2.56. The Kier molecular flexibility index (Phi) is 5.11. The largest absolute Gasteiger partial charge is 0.309 e. The van der Waals surface area contributed by atoms with Crippen molar-refractivity contribution in [2.24, 2.45) is 0 Å². The molecule has 0 amide bonds. The van der Waals surface area contributed by atoms with Crippen molar-refractivity contribution in [3.63, 3.8) is 0 Å². The summed E-state index contributed by atoms with van der Waals surface area (Å²) in [6.45, 7) is 6.78. The highest BCUT2D eigenvalue weighted by Gasteiger charge is 2.24. The van der Waals surface area contributed by atoms with Gasteiger partial charge in [0.2, 0.25) is 0 Å². The standard InChI is InChI=1S/C16H19Br2NS/c1-16(2,3)12-8-6-5-7-10(12)14(19-4)11-9-13(17)20-15(11)18/h5-9,14,19H,1-4H3. The minimum absolute atomic E-state index is 0.130. The molecule has 0 saturated heterocycles. The van der Waals surface area contributed by atoms with Crippen LogP contribution in [0.3, 0.4) is 0 Å². The van der Waals surface area contributed by atoms with Gasteiger partial charge < -0.3 is 5.32 Å². The lowest BCUT2D eigenvalue weighted by molar-refractivity contribution is 0.567. The quantitative estimate of drug-likeness (QED) is 0.658. The van der Waals surface area contributed by atoms with Crippen LogP contribution in [0, 0.1) is 0 Å². The Bertz CT molecular complexity index is 599. The van der Waals surface area contributed by atoms with E-state index < -0.39 is 0 Å². The maximum absolute atomic E-state index is 3.68. The molecular formula is C16H19Br2NS. The second-order valence-electron chi connectivity index (χ2n) is 5.84. The summed E-state index contributed by atoms with van der Waals surface area (Å²) in [7, 11) is 2.02. The first-order valence-corrected chi connectivity index (χ1v) is 8.96. The van der Waals surface area contributed by atoms with Crippen LogP contribution >= 0.6 is 43.2 Å². The zero-order chi connectivity index (χ0) is 14.9. The zero-order valence-electron chi connectivity index (χ0n) is 12.1. The Morgan fingerprint density at radius 3 is 2.25 bits per heavy atom. The van der Waals surface area contributed by atoms with E-state index in [9.17, 15) is 0 Å². The maximum Gasteiger partial charge on any atom is 0.0761 e. The van der Waals surface area contributed by atoms with Crippen molar-refractivity contribution in [1.82, 2.24) is 5.32 Å². The molecule has 1 atom stereocenters. The average Bonchev–Trinajstić information content (AvgIpc) is 2.69. The predicted octanol–water partition coefficient (Wildman–Crippen LogP) is 5.88. The van der Waals surface area contributed by atoms with E-state index >= 15 is 0 Å². The van der Waals surface area contributed by atoms with Crippen LogP contribution in [0.25, 0.3) is 0 Å². The molecule has 0 bridgehead atoms. The molecule has 2 rings (SSSR count). The third-order valence-corrected chi connectivity index (χ3v) is 5.75. The summed E-state index contributed by atoms with van der Waals surface area (Å²) in [6, 6.07) is 11.1. The number of hydrogen-bond acceptors (Lipinski definition) is 2. The minimum atomic E-state index is 0.130. The van der Waals surface area contributed by atoms with Crippen LogP contribution in [-0.4, -0.2) is 7.05 Å². The Morgan fingerprint density at radius 1 is 1.10 bits per heavy atom. The molecule has 1 unspecified atom stereocenters. The highest BCUT2D eigenvalue weighted by atomic mass is 79.9. The number of rotatable bonds is 3. The average molecular weight is 417 g/mol. The lowest BCUT2D eigenvalue weighted by atomic mass is 9.81. The van der Waals surface area contributed by atoms with E-state index in [0.717, 1.165) is 3.79 Å². The van der Waals surface area contributed by atoms with E-state index in [0.29, 0.717) is 0 Å². The molecule has 0 aliphatic rings. The normalized spacial score (nSPS) is 13.5. The summed E-state index contributed by atoms with van der Waals surface area (Å²) in [5.74, 6) is 0. The second kappa shape index (κ2) is 6.30. The SMILES string of the molecule is CNC(c1ccccc1C(C)(C)C)c1cc(Br)sc1Br. The van der Waals surface area contributed by atoms with Gasteiger partial charge in [0, 0.05) is 0 Å². The van der Waals surface area contributed by atoms with Gasteiger partial charge >= 0.3 is 0 Å². The molecule has 1 heterocycles. The highest BCUT2D eigenvalue weighted by Crippen LogP contribution is 2.40. The van der Waals surface area contributed by atoms with Gasteiger partial charge in [-0.3, -0.25) is 0 Å². The van der Waals surface area contributed by atoms with Crippen LogP contribution in [0.2, 0.25) is 0 Å². The molecule has 0 spiro atoms. The molecule has 1 nitrogen and oxygen atoms in total. The van der Waals surface area contributed by atoms with Gasteiger partial charge in [-0.1, -0.05) is 45.0 Å². The second-order valence-corrected chi connectivity index (χ2v) is 9.59. The first-order valence-electron chi connectivity index (χ1n) is 6.56. The molecule has 0 aliphatic carbocycles. The van der Waals surface area contributed by atoms with Crippen molar-refractivity contribution in [3.8, 4) is 0 Å². The summed E-state index contributed by atoms with van der Waals surface area (Å²) >= 11 is 8.97. The molecule has 0 fully saturated rings. The number of halogens is 2. The summed E-state index contributed by atoms with van der Waals surface area (Å²) in [4.78, 5) is 0. The molecule has 4 heteroatoms. The Hall–Kier alpha value is -0.160. The van der Waals surface area contributed by atoms with Crippen molar-refractivity contribution in [2.45, 2.75) is 32.2 Å². The van der Waals surface area contributed by atoms with Crippen LogP contribution < -0.4 is 5.32 Å². The first-order chi connectivity index (χ1) is 9.34. The van der Waals surface area contributed by atoms with Gasteiger partial charge in [-0.2, -0.15) is 0 Å². The maximum atomic E-state index is 3.68. The molecule has 1 N–H and O–H groups in total. The van der Waals surface area contributed by atoms with E-state index in [2.05, 4.69) is 88.3 Å². The van der Waals surface area contributed by atoms with Gasteiger partial charge in [0.25, 0.3) is 0 Å². The monoisotopic (exact) mass is 415 g/mol. The van der Waals surface area contributed by atoms with E-state index in [1.807, 2.05) is 7.05 Å². The van der Waals surface area contributed by atoms with Gasteiger partial charge in [-0.05, 0) is 67.1 Å². The highest BCUT2D eigenvalue weighted by molar-refractivity contribution is 9.12. The van der Waals surface area contributed by atoms with Crippen molar-refractivity contribution < 1.29 is 0 Å². The molecule has 1 aromatic carbocycles. The molecule has 20 heavy (non-hydrogen) atoms. The Labute approximate surface area is 142 Å². The molecule has 1 aromatic heterocycles. The van der Waals surface area contributed by atoms with Crippen molar-refractivity contribution in [2.75, 3.05) is 7.05 Å². The molecule has 0 saturated carbocycles. The summed E-state index contributed by atoms with van der Waals surface area (Å²) in [6.07, 6.45) is 0. The predicted molar refractivity (Wildman–Crippen MR) is 95.8 cm³/mol. The van der Waals surface area contributed by atoms with Gasteiger partial charge in [-0.25, -0.2) is 0 Å². The minimum Gasteiger partial charge on any atom is -0.309 e. The third kappa shape index (κ3) is 3.35. The van der Waals surface area contributed by atoms with E-state index in [1.165, 1.54) is 20.5 Å². The zero-order valence-corrected chi connectivity index (χ0v) is 16.1. The molecule has 108 valence electrons. The van der Waals surface area contributed by atoms with E-state index in [4.69, 9.17) is 0 Å². The number of benzene rings is 1. The number of nitrogens with one attached hydrogen (secondary N) is 1. The fourth-order valence-electron chi connectivity index (χ4n) is 2.46. The van der Waals surface area contributed by atoms with Crippen LogP contribution in [0.1, 0.15) is 43.5 Å². The lowest BCUT2D eigenvalue weighted by Gasteiger charge is -2.27. The van der Waals surface area contributed by atoms with Gasteiger partial charge in [0.1, 0.15) is 0 Å². The Morgan fingerprint density at radius 2 is 1.75 bits per heavy atom. The molecule has 0 aliphatic heterocycles. The number of hydrogen-bond donors (Lipinski definition) is 1. The van der Waals surface area contributed by atoms with Gasteiger partial charge in [0.15, 0.2) is 0 Å². The van der Waals surface area contributed by atoms with Crippen LogP contribution in [0.15, 0.2) is 37.9 Å². The summed E-state index contributed by atoms with van der Waals surface area (Å²) in [5, 5.41) is 3.46. The van der Waals surface area contributed by atoms with Gasteiger partial charge in [-0.15, -0.1) is 11.3 Å². The van der Waals surface area contributed by atoms with Crippen LogP contribution in [-0.2, 0) is 5.41 Å². The van der Waals surface area contributed by atoms with Crippen LogP contribution in [0.4, 0.5) is 0 Å². The van der Waals surface area contributed by atoms with Crippen LogP contribution in [0.5, 0.6) is 0 Å². The molecule has 2 aromatic rings. The molecule has 0 radical (unpaired) electrons. The fourth-order valence-corrected chi connectivity index (χ4v) is 5.36. The summed E-state index contributed by atoms with van der Waals surface area (Å²) < 4.78 is 2.32. The first kappa shape index (κ1) is 16.2. The van der Waals surface area contributed by atoms with Gasteiger partial charge in [0.05, 0.1) is 13.6 Å². The van der Waals surface area contributed by atoms with Crippen molar-refractivity contribution >= 4 is 43.2 Å². The third-order valence-electron chi connectivity index (χ3n) is 3.36. The van der Waals surface area contributed by atoms with Crippen molar-refractivity contribution in [3.05, 3.63) is 54.6 Å². The molecular weight excluding hydrogens is 398 g/mol. The van der Waals surface area contributed by atoms with E-state index in [-0.39, 0.29) is 11.5 Å².